The first kappa shape index (κ1) is 14.5. The highest BCUT2D eigenvalue weighted by atomic mass is 16.1. The van der Waals surface area contributed by atoms with Crippen LogP contribution in [0.5, 0.6) is 0 Å². The summed E-state index contributed by atoms with van der Waals surface area (Å²) in [5.41, 5.74) is 5.91. The molecule has 0 bridgehead atoms. The number of unbranched alkanes of at least 4 members (excludes halogenated alkanes) is 3. The largest absolute Gasteiger partial charge is 0.356 e. The van der Waals surface area contributed by atoms with Gasteiger partial charge in [0.25, 0.3) is 0 Å². The molecule has 3 nitrogen and oxygen atoms in total. The zero-order valence-corrected chi connectivity index (χ0v) is 11.4. The number of hydrogen-bond acceptors (Lipinski definition) is 2. The van der Waals surface area contributed by atoms with Gasteiger partial charge in [0.1, 0.15) is 0 Å². The van der Waals surface area contributed by atoms with Crippen molar-refractivity contribution in [1.82, 2.24) is 5.32 Å². The van der Waals surface area contributed by atoms with Crippen LogP contribution < -0.4 is 11.1 Å². The number of amides is 1. The number of rotatable bonds is 6. The van der Waals surface area contributed by atoms with Crippen molar-refractivity contribution < 1.29 is 4.79 Å². The van der Waals surface area contributed by atoms with E-state index in [0.717, 1.165) is 32.2 Å². The minimum Gasteiger partial charge on any atom is -0.356 e. The van der Waals surface area contributed by atoms with Gasteiger partial charge in [-0.2, -0.15) is 0 Å². The van der Waals surface area contributed by atoms with Crippen LogP contribution in [0.2, 0.25) is 0 Å². The van der Waals surface area contributed by atoms with Gasteiger partial charge in [-0.05, 0) is 31.6 Å². The van der Waals surface area contributed by atoms with Crippen molar-refractivity contribution in [3.05, 3.63) is 0 Å². The third-order valence-electron chi connectivity index (χ3n) is 3.88. The fourth-order valence-corrected chi connectivity index (χ4v) is 2.72. The number of hydrogen-bond donors (Lipinski definition) is 2. The predicted octanol–water partition coefficient (Wildman–Crippen LogP) is 2.45. The van der Waals surface area contributed by atoms with E-state index in [9.17, 15) is 4.79 Å². The second kappa shape index (κ2) is 7.70. The summed E-state index contributed by atoms with van der Waals surface area (Å²) in [5, 5.41) is 3.08. The van der Waals surface area contributed by atoms with Crippen LogP contribution in [0.4, 0.5) is 0 Å². The van der Waals surface area contributed by atoms with Gasteiger partial charge in [0.2, 0.25) is 5.91 Å². The standard InChI is InChI=1S/C14H28N2O/c1-3-4-5-6-9-16-14(17)13-8-7-12(15)10-11(13)2/h11-13H,3-10,15H2,1-2H3,(H,16,17). The number of carbonyl (C=O) groups excluding carboxylic acids is 1. The summed E-state index contributed by atoms with van der Waals surface area (Å²) in [5.74, 6) is 0.885. The lowest BCUT2D eigenvalue weighted by Crippen LogP contribution is -2.41. The van der Waals surface area contributed by atoms with Crippen molar-refractivity contribution in [3.8, 4) is 0 Å². The van der Waals surface area contributed by atoms with E-state index in [1.165, 1.54) is 19.3 Å². The van der Waals surface area contributed by atoms with Crippen molar-refractivity contribution in [2.45, 2.75) is 64.8 Å². The Kier molecular flexibility index (Phi) is 6.56. The maximum atomic E-state index is 12.0. The van der Waals surface area contributed by atoms with Crippen molar-refractivity contribution in [1.29, 1.82) is 0 Å². The minimum absolute atomic E-state index is 0.195. The zero-order chi connectivity index (χ0) is 12.7. The molecule has 0 heterocycles. The molecule has 1 fully saturated rings. The molecule has 3 atom stereocenters. The van der Waals surface area contributed by atoms with Gasteiger partial charge in [0.05, 0.1) is 0 Å². The first-order chi connectivity index (χ1) is 8.15. The lowest BCUT2D eigenvalue weighted by atomic mass is 9.78. The molecule has 1 aliphatic carbocycles. The Morgan fingerprint density at radius 2 is 2.06 bits per heavy atom. The number of nitrogens with two attached hydrogens (primary N) is 1. The molecule has 1 saturated carbocycles. The summed E-state index contributed by atoms with van der Waals surface area (Å²) < 4.78 is 0. The van der Waals surface area contributed by atoms with Gasteiger partial charge in [0, 0.05) is 18.5 Å². The molecular weight excluding hydrogens is 212 g/mol. The summed E-state index contributed by atoms with van der Waals surface area (Å²) in [7, 11) is 0. The van der Waals surface area contributed by atoms with Crippen LogP contribution in [0.25, 0.3) is 0 Å². The third kappa shape index (κ3) is 5.07. The zero-order valence-electron chi connectivity index (χ0n) is 11.4. The molecular formula is C14H28N2O. The second-order valence-electron chi connectivity index (χ2n) is 5.51. The molecule has 0 aliphatic heterocycles. The van der Waals surface area contributed by atoms with Crippen LogP contribution in [0.1, 0.15) is 58.8 Å². The highest BCUT2D eigenvalue weighted by Gasteiger charge is 2.30. The lowest BCUT2D eigenvalue weighted by Gasteiger charge is -2.31. The Morgan fingerprint density at radius 3 is 2.71 bits per heavy atom. The molecule has 3 unspecified atom stereocenters. The minimum atomic E-state index is 0.195. The Balaban J connectivity index is 2.18. The van der Waals surface area contributed by atoms with Crippen LogP contribution in [0.15, 0.2) is 0 Å². The maximum Gasteiger partial charge on any atom is 0.223 e. The van der Waals surface area contributed by atoms with E-state index < -0.39 is 0 Å². The van der Waals surface area contributed by atoms with E-state index in [-0.39, 0.29) is 11.8 Å². The monoisotopic (exact) mass is 240 g/mol. The van der Waals surface area contributed by atoms with Gasteiger partial charge < -0.3 is 11.1 Å². The summed E-state index contributed by atoms with van der Waals surface area (Å²) >= 11 is 0. The predicted molar refractivity (Wildman–Crippen MR) is 71.6 cm³/mol. The maximum absolute atomic E-state index is 12.0. The quantitative estimate of drug-likeness (QED) is 0.701. The van der Waals surface area contributed by atoms with Crippen molar-refractivity contribution >= 4 is 5.91 Å². The molecule has 1 rings (SSSR count). The first-order valence-electron chi connectivity index (χ1n) is 7.18. The van der Waals surface area contributed by atoms with Crippen molar-refractivity contribution in [2.75, 3.05) is 6.54 Å². The Labute approximate surface area is 106 Å². The Morgan fingerprint density at radius 1 is 1.29 bits per heavy atom. The molecule has 0 aromatic carbocycles. The topological polar surface area (TPSA) is 55.1 Å². The van der Waals surface area contributed by atoms with Crippen LogP contribution >= 0.6 is 0 Å². The van der Waals surface area contributed by atoms with E-state index in [1.807, 2.05) is 0 Å². The smallest absolute Gasteiger partial charge is 0.223 e. The van der Waals surface area contributed by atoms with Crippen LogP contribution in [0, 0.1) is 11.8 Å². The van der Waals surface area contributed by atoms with E-state index in [0.29, 0.717) is 12.0 Å². The molecule has 3 heteroatoms. The summed E-state index contributed by atoms with van der Waals surface area (Å²) in [6, 6.07) is 0.304. The van der Waals surface area contributed by atoms with Crippen LogP contribution in [0.3, 0.4) is 0 Å². The molecule has 3 N–H and O–H groups in total. The second-order valence-corrected chi connectivity index (χ2v) is 5.51. The molecule has 0 radical (unpaired) electrons. The number of carbonyl (C=O) groups is 1. The fraction of sp³-hybridized carbons (Fsp3) is 0.929. The van der Waals surface area contributed by atoms with E-state index in [2.05, 4.69) is 19.2 Å². The van der Waals surface area contributed by atoms with Crippen molar-refractivity contribution in [3.63, 3.8) is 0 Å². The molecule has 0 spiro atoms. The fourth-order valence-electron chi connectivity index (χ4n) is 2.72. The molecule has 0 aromatic heterocycles. The molecule has 1 aliphatic rings. The summed E-state index contributed by atoms with van der Waals surface area (Å²) in [4.78, 5) is 12.0. The van der Waals surface area contributed by atoms with Gasteiger partial charge in [-0.15, -0.1) is 0 Å². The molecule has 100 valence electrons. The Hall–Kier alpha value is -0.570. The normalized spacial score (nSPS) is 29.0. The highest BCUT2D eigenvalue weighted by molar-refractivity contribution is 5.79. The lowest BCUT2D eigenvalue weighted by molar-refractivity contribution is -0.127. The van der Waals surface area contributed by atoms with Gasteiger partial charge >= 0.3 is 0 Å². The van der Waals surface area contributed by atoms with Gasteiger partial charge in [-0.3, -0.25) is 4.79 Å². The van der Waals surface area contributed by atoms with Crippen molar-refractivity contribution in [2.24, 2.45) is 17.6 Å². The SMILES string of the molecule is CCCCCCNC(=O)C1CCC(N)CC1C. The van der Waals surface area contributed by atoms with Gasteiger partial charge in [-0.1, -0.05) is 33.1 Å². The average molecular weight is 240 g/mol. The molecule has 1 amide bonds. The molecule has 0 aromatic rings. The molecule has 17 heavy (non-hydrogen) atoms. The number of nitrogens with one attached hydrogen (secondary N) is 1. The average Bonchev–Trinajstić information content (AvgIpc) is 2.28. The molecule has 0 saturated heterocycles. The van der Waals surface area contributed by atoms with E-state index in [1.54, 1.807) is 0 Å². The van der Waals surface area contributed by atoms with E-state index in [4.69, 9.17) is 5.73 Å². The van der Waals surface area contributed by atoms with Crippen LogP contribution in [-0.2, 0) is 4.79 Å². The highest BCUT2D eigenvalue weighted by Crippen LogP contribution is 2.29. The Bertz CT molecular complexity index is 230. The first-order valence-corrected chi connectivity index (χ1v) is 7.18. The van der Waals surface area contributed by atoms with E-state index >= 15 is 0 Å². The van der Waals surface area contributed by atoms with Crippen LogP contribution in [-0.4, -0.2) is 18.5 Å². The summed E-state index contributed by atoms with van der Waals surface area (Å²) in [6.07, 6.45) is 7.80. The van der Waals surface area contributed by atoms with Gasteiger partial charge in [-0.25, -0.2) is 0 Å². The van der Waals surface area contributed by atoms with Gasteiger partial charge in [0.15, 0.2) is 0 Å². The summed E-state index contributed by atoms with van der Waals surface area (Å²) in [6.45, 7) is 5.19. The third-order valence-corrected chi connectivity index (χ3v) is 3.88.